The molecular weight excluding hydrogens is 315 g/mol. The van der Waals surface area contributed by atoms with E-state index in [9.17, 15) is 12.8 Å². The lowest BCUT2D eigenvalue weighted by molar-refractivity contribution is 0.418. The van der Waals surface area contributed by atoms with E-state index in [1.54, 1.807) is 14.0 Å². The van der Waals surface area contributed by atoms with Crippen molar-refractivity contribution in [2.24, 2.45) is 0 Å². The summed E-state index contributed by atoms with van der Waals surface area (Å²) in [6, 6.07) is 2.43. The Bertz CT molecular complexity index is 579. The third kappa shape index (κ3) is 4.39. The first-order valence-electron chi connectivity index (χ1n) is 7.01. The first kappa shape index (κ1) is 18.4. The maximum atomic E-state index is 13.9. The van der Waals surface area contributed by atoms with Crippen LogP contribution in [0.5, 0.6) is 0 Å². The highest BCUT2D eigenvalue weighted by Crippen LogP contribution is 2.26. The van der Waals surface area contributed by atoms with E-state index in [-0.39, 0.29) is 9.92 Å². The fraction of sp³-hybridized carbons (Fsp3) is 0.571. The third-order valence-corrected chi connectivity index (χ3v) is 5.57. The Kier molecular flexibility index (Phi) is 7.06. The number of unbranched alkanes of at least 4 members (excludes halogenated alkanes) is 1. The van der Waals surface area contributed by atoms with Crippen LogP contribution in [0.1, 0.15) is 32.3 Å². The zero-order valence-corrected chi connectivity index (χ0v) is 14.2. The largest absolute Gasteiger partial charge is 0.316 e. The van der Waals surface area contributed by atoms with Crippen LogP contribution in [0.3, 0.4) is 0 Å². The number of hydrogen-bond acceptors (Lipinski definition) is 3. The molecule has 0 aliphatic rings. The maximum Gasteiger partial charge on any atom is 0.243 e. The van der Waals surface area contributed by atoms with Crippen LogP contribution in [0.2, 0.25) is 5.02 Å². The van der Waals surface area contributed by atoms with E-state index in [2.05, 4.69) is 5.32 Å². The van der Waals surface area contributed by atoms with E-state index < -0.39 is 15.8 Å². The number of benzene rings is 1. The minimum atomic E-state index is -3.70. The van der Waals surface area contributed by atoms with E-state index in [0.717, 1.165) is 18.9 Å². The standard InChI is InChI=1S/C14H22ClFN2O2S/c1-4-6-7-18(5-2)21(19,20)12-8-11(10-17-3)14(15)13(16)9-12/h8-9,17H,4-7,10H2,1-3H3. The molecule has 0 unspecified atom stereocenters. The summed E-state index contributed by atoms with van der Waals surface area (Å²) >= 11 is 5.87. The molecule has 7 heteroatoms. The molecule has 0 amide bonds. The van der Waals surface area contributed by atoms with Crippen LogP contribution < -0.4 is 5.32 Å². The van der Waals surface area contributed by atoms with Gasteiger partial charge in [-0.15, -0.1) is 0 Å². The molecule has 0 aliphatic carbocycles. The highest BCUT2D eigenvalue weighted by atomic mass is 35.5. The lowest BCUT2D eigenvalue weighted by Gasteiger charge is -2.21. The monoisotopic (exact) mass is 336 g/mol. The quantitative estimate of drug-likeness (QED) is 0.794. The number of nitrogens with one attached hydrogen (secondary N) is 1. The molecule has 0 atom stereocenters. The summed E-state index contributed by atoms with van der Waals surface area (Å²) in [5, 5.41) is 2.81. The predicted octanol–water partition coefficient (Wildman–Crippen LogP) is 3.01. The van der Waals surface area contributed by atoms with Crippen LogP contribution in [-0.4, -0.2) is 32.9 Å². The fourth-order valence-corrected chi connectivity index (χ4v) is 3.75. The summed E-state index contributed by atoms with van der Waals surface area (Å²) < 4.78 is 40.4. The number of rotatable bonds is 8. The average Bonchev–Trinajstić information content (AvgIpc) is 2.44. The zero-order valence-electron chi connectivity index (χ0n) is 12.6. The van der Waals surface area contributed by atoms with Gasteiger partial charge in [0.15, 0.2) is 0 Å². The van der Waals surface area contributed by atoms with Gasteiger partial charge in [0.05, 0.1) is 9.92 Å². The molecule has 0 aliphatic heterocycles. The molecule has 0 saturated heterocycles. The van der Waals surface area contributed by atoms with Gasteiger partial charge < -0.3 is 5.32 Å². The van der Waals surface area contributed by atoms with Crippen molar-refractivity contribution < 1.29 is 12.8 Å². The third-order valence-electron chi connectivity index (χ3n) is 3.20. The van der Waals surface area contributed by atoms with Crippen LogP contribution >= 0.6 is 11.6 Å². The van der Waals surface area contributed by atoms with Crippen molar-refractivity contribution in [3.05, 3.63) is 28.5 Å². The van der Waals surface area contributed by atoms with Crippen molar-refractivity contribution in [2.75, 3.05) is 20.1 Å². The summed E-state index contributed by atoms with van der Waals surface area (Å²) in [7, 11) is -2.01. The van der Waals surface area contributed by atoms with Gasteiger partial charge in [-0.1, -0.05) is 31.9 Å². The van der Waals surface area contributed by atoms with Gasteiger partial charge in [0.2, 0.25) is 10.0 Å². The molecule has 0 fully saturated rings. The van der Waals surface area contributed by atoms with Gasteiger partial charge in [-0.3, -0.25) is 0 Å². The summed E-state index contributed by atoms with van der Waals surface area (Å²) in [5.74, 6) is -0.713. The number of sulfonamides is 1. The molecule has 0 spiro atoms. The maximum absolute atomic E-state index is 13.9. The molecule has 0 radical (unpaired) electrons. The molecule has 1 N–H and O–H groups in total. The summed E-state index contributed by atoms with van der Waals surface area (Å²) in [6.45, 7) is 4.86. The van der Waals surface area contributed by atoms with E-state index in [1.807, 2.05) is 6.92 Å². The van der Waals surface area contributed by atoms with E-state index >= 15 is 0 Å². The van der Waals surface area contributed by atoms with Crippen LogP contribution in [-0.2, 0) is 16.6 Å². The molecule has 120 valence electrons. The Hall–Kier alpha value is -0.690. The van der Waals surface area contributed by atoms with Gasteiger partial charge in [-0.25, -0.2) is 12.8 Å². The second-order valence-corrected chi connectivity index (χ2v) is 7.07. The van der Waals surface area contributed by atoms with E-state index in [0.29, 0.717) is 25.2 Å². The first-order valence-corrected chi connectivity index (χ1v) is 8.82. The Morgan fingerprint density at radius 2 is 2.00 bits per heavy atom. The lowest BCUT2D eigenvalue weighted by atomic mass is 10.2. The van der Waals surface area contributed by atoms with Gasteiger partial charge in [-0.2, -0.15) is 4.31 Å². The van der Waals surface area contributed by atoms with Gasteiger partial charge in [-0.05, 0) is 31.2 Å². The normalized spacial score (nSPS) is 12.1. The lowest BCUT2D eigenvalue weighted by Crippen LogP contribution is -2.32. The molecule has 0 bridgehead atoms. The van der Waals surface area contributed by atoms with Crippen LogP contribution in [0.25, 0.3) is 0 Å². The Morgan fingerprint density at radius 1 is 1.33 bits per heavy atom. The van der Waals surface area contributed by atoms with Gasteiger partial charge in [0, 0.05) is 19.6 Å². The SMILES string of the molecule is CCCCN(CC)S(=O)(=O)c1cc(F)c(Cl)c(CNC)c1. The molecule has 1 rings (SSSR count). The molecular formula is C14H22ClFN2O2S. The molecule has 4 nitrogen and oxygen atoms in total. The number of hydrogen-bond donors (Lipinski definition) is 1. The van der Waals surface area contributed by atoms with E-state index in [4.69, 9.17) is 11.6 Å². The van der Waals surface area contributed by atoms with Gasteiger partial charge >= 0.3 is 0 Å². The molecule has 0 heterocycles. The molecule has 21 heavy (non-hydrogen) atoms. The van der Waals surface area contributed by atoms with Gasteiger partial charge in [0.1, 0.15) is 5.82 Å². The second-order valence-electron chi connectivity index (χ2n) is 4.76. The number of nitrogens with zero attached hydrogens (tertiary/aromatic N) is 1. The highest BCUT2D eigenvalue weighted by Gasteiger charge is 2.24. The predicted molar refractivity (Wildman–Crippen MR) is 83.5 cm³/mol. The van der Waals surface area contributed by atoms with Crippen molar-refractivity contribution in [3.63, 3.8) is 0 Å². The molecule has 1 aromatic rings. The average molecular weight is 337 g/mol. The second kappa shape index (κ2) is 8.08. The molecule has 1 aromatic carbocycles. The van der Waals surface area contributed by atoms with E-state index in [1.165, 1.54) is 10.4 Å². The summed E-state index contributed by atoms with van der Waals surface area (Å²) in [6.07, 6.45) is 1.67. The van der Waals surface area contributed by atoms with Crippen molar-refractivity contribution >= 4 is 21.6 Å². The molecule has 0 aromatic heterocycles. The Morgan fingerprint density at radius 3 is 2.52 bits per heavy atom. The van der Waals surface area contributed by atoms with Crippen molar-refractivity contribution in [1.82, 2.24) is 9.62 Å². The van der Waals surface area contributed by atoms with Crippen LogP contribution in [0.4, 0.5) is 4.39 Å². The fourth-order valence-electron chi connectivity index (χ4n) is 2.02. The van der Waals surface area contributed by atoms with Gasteiger partial charge in [0.25, 0.3) is 0 Å². The van der Waals surface area contributed by atoms with Crippen molar-refractivity contribution in [1.29, 1.82) is 0 Å². The Labute approximate surface area is 131 Å². The minimum Gasteiger partial charge on any atom is -0.316 e. The van der Waals surface area contributed by atoms with Crippen molar-refractivity contribution in [2.45, 2.75) is 38.1 Å². The molecule has 0 saturated carbocycles. The first-order chi connectivity index (χ1) is 9.88. The smallest absolute Gasteiger partial charge is 0.243 e. The Balaban J connectivity index is 3.23. The van der Waals surface area contributed by atoms with Crippen LogP contribution in [0, 0.1) is 5.82 Å². The highest BCUT2D eigenvalue weighted by molar-refractivity contribution is 7.89. The topological polar surface area (TPSA) is 49.4 Å². The van der Waals surface area contributed by atoms with Crippen LogP contribution in [0.15, 0.2) is 17.0 Å². The number of halogens is 2. The minimum absolute atomic E-state index is 0.0418. The van der Waals surface area contributed by atoms with Crippen molar-refractivity contribution in [3.8, 4) is 0 Å². The zero-order chi connectivity index (χ0) is 16.0. The summed E-state index contributed by atoms with van der Waals surface area (Å²) in [5.41, 5.74) is 0.435. The summed E-state index contributed by atoms with van der Waals surface area (Å²) in [4.78, 5) is -0.0485.